The molecule has 0 saturated heterocycles. The van der Waals surface area contributed by atoms with Gasteiger partial charge in [0.2, 0.25) is 0 Å². The van der Waals surface area contributed by atoms with E-state index in [1.807, 2.05) is 31.2 Å². The van der Waals surface area contributed by atoms with Gasteiger partial charge in [0.05, 0.1) is 12.7 Å². The van der Waals surface area contributed by atoms with Crippen molar-refractivity contribution >= 4 is 16.8 Å². The number of nitrogens with one attached hydrogen (secondary N) is 1. The van der Waals surface area contributed by atoms with E-state index in [0.29, 0.717) is 17.7 Å². The summed E-state index contributed by atoms with van der Waals surface area (Å²) in [4.78, 5) is 19.9. The minimum atomic E-state index is 0.0286. The van der Waals surface area contributed by atoms with Gasteiger partial charge in [0.15, 0.2) is 5.78 Å². The second-order valence-electron chi connectivity index (χ2n) is 5.03. The summed E-state index contributed by atoms with van der Waals surface area (Å²) in [5.41, 5.74) is 3.41. The number of hydrogen-bond donors (Lipinski definition) is 1. The smallest absolute Gasteiger partial charge is 0.171 e. The number of carbonyl (C=O) groups is 1. The average molecular weight is 280 g/mol. The van der Waals surface area contributed by atoms with Crippen LogP contribution in [-0.4, -0.2) is 22.9 Å². The summed E-state index contributed by atoms with van der Waals surface area (Å²) < 4.78 is 5.24. The standard InChI is InChI=1S/C17H16N2O2/c1-11-7-13-8-12(10-18-17(13)19-11)9-15(20)14-5-3-4-6-16(14)21-2/h3-8,10H,9H2,1-2H3,(H,18,19). The Morgan fingerprint density at radius 3 is 2.90 bits per heavy atom. The molecule has 3 aromatic rings. The van der Waals surface area contributed by atoms with E-state index in [9.17, 15) is 4.79 Å². The molecule has 0 radical (unpaired) electrons. The number of H-pyrrole nitrogens is 1. The highest BCUT2D eigenvalue weighted by atomic mass is 16.5. The van der Waals surface area contributed by atoms with Gasteiger partial charge in [0, 0.05) is 23.7 Å². The molecular weight excluding hydrogens is 264 g/mol. The zero-order valence-electron chi connectivity index (χ0n) is 12.0. The molecule has 0 unspecified atom stereocenters. The third-order valence-electron chi connectivity index (χ3n) is 3.43. The topological polar surface area (TPSA) is 55.0 Å². The van der Waals surface area contributed by atoms with Crippen LogP contribution in [0.15, 0.2) is 42.6 Å². The van der Waals surface area contributed by atoms with Crippen LogP contribution in [-0.2, 0) is 6.42 Å². The first-order valence-corrected chi connectivity index (χ1v) is 6.78. The molecule has 0 bridgehead atoms. The number of rotatable bonds is 4. The fourth-order valence-corrected chi connectivity index (χ4v) is 2.45. The monoisotopic (exact) mass is 280 g/mol. The molecule has 1 aromatic carbocycles. The number of ketones is 1. The Bertz CT molecular complexity index is 805. The molecule has 106 valence electrons. The molecule has 2 aromatic heterocycles. The number of hydrogen-bond acceptors (Lipinski definition) is 3. The van der Waals surface area contributed by atoms with Gasteiger partial charge in [0.1, 0.15) is 11.4 Å². The van der Waals surface area contributed by atoms with Gasteiger partial charge in [-0.2, -0.15) is 0 Å². The van der Waals surface area contributed by atoms with Gasteiger partial charge in [-0.1, -0.05) is 12.1 Å². The SMILES string of the molecule is COc1ccccc1C(=O)Cc1cnc2[nH]c(C)cc2c1. The molecule has 21 heavy (non-hydrogen) atoms. The number of aryl methyl sites for hydroxylation is 1. The third kappa shape index (κ3) is 2.65. The predicted octanol–water partition coefficient (Wildman–Crippen LogP) is 3.31. The Kier molecular flexibility index (Phi) is 3.44. The van der Waals surface area contributed by atoms with Gasteiger partial charge in [-0.3, -0.25) is 4.79 Å². The summed E-state index contributed by atoms with van der Waals surface area (Å²) in [6, 6.07) is 11.3. The quantitative estimate of drug-likeness (QED) is 0.746. The number of fused-ring (bicyclic) bond motifs is 1. The minimum Gasteiger partial charge on any atom is -0.496 e. The number of nitrogens with zero attached hydrogens (tertiary/aromatic N) is 1. The number of carbonyl (C=O) groups excluding carboxylic acids is 1. The van der Waals surface area contributed by atoms with Crippen LogP contribution < -0.4 is 4.74 Å². The van der Waals surface area contributed by atoms with Gasteiger partial charge >= 0.3 is 0 Å². The molecule has 0 amide bonds. The van der Waals surface area contributed by atoms with E-state index < -0.39 is 0 Å². The summed E-state index contributed by atoms with van der Waals surface area (Å²) in [5.74, 6) is 0.634. The molecule has 0 spiro atoms. The maximum atomic E-state index is 12.4. The molecule has 0 aliphatic carbocycles. The van der Waals surface area contributed by atoms with Crippen LogP contribution in [0.3, 0.4) is 0 Å². The molecule has 0 aliphatic rings. The van der Waals surface area contributed by atoms with Crippen molar-refractivity contribution in [2.45, 2.75) is 13.3 Å². The fourth-order valence-electron chi connectivity index (χ4n) is 2.45. The first-order valence-electron chi connectivity index (χ1n) is 6.78. The molecular formula is C17H16N2O2. The van der Waals surface area contributed by atoms with Gasteiger partial charge in [-0.05, 0) is 36.8 Å². The molecule has 0 fully saturated rings. The van der Waals surface area contributed by atoms with E-state index in [1.54, 1.807) is 25.4 Å². The summed E-state index contributed by atoms with van der Waals surface area (Å²) in [6.45, 7) is 1.99. The fraction of sp³-hybridized carbons (Fsp3) is 0.176. The number of methoxy groups -OCH3 is 1. The highest BCUT2D eigenvalue weighted by Crippen LogP contribution is 2.20. The van der Waals surface area contributed by atoms with Gasteiger partial charge in [0.25, 0.3) is 0 Å². The molecule has 2 heterocycles. The lowest BCUT2D eigenvalue weighted by atomic mass is 10.0. The molecule has 0 saturated carbocycles. The number of Topliss-reactive ketones (excluding diaryl/α,β-unsaturated/α-hetero) is 1. The van der Waals surface area contributed by atoms with Crippen LogP contribution >= 0.6 is 0 Å². The number of pyridine rings is 1. The van der Waals surface area contributed by atoms with Gasteiger partial charge < -0.3 is 9.72 Å². The van der Waals surface area contributed by atoms with Crippen LogP contribution in [0.1, 0.15) is 21.6 Å². The average Bonchev–Trinajstić information content (AvgIpc) is 2.86. The third-order valence-corrected chi connectivity index (χ3v) is 3.43. The minimum absolute atomic E-state index is 0.0286. The van der Waals surface area contributed by atoms with Crippen molar-refractivity contribution in [3.8, 4) is 5.75 Å². The van der Waals surface area contributed by atoms with Crippen LogP contribution in [0, 0.1) is 6.92 Å². The van der Waals surface area contributed by atoms with Crippen molar-refractivity contribution in [2.24, 2.45) is 0 Å². The maximum absolute atomic E-state index is 12.4. The van der Waals surface area contributed by atoms with E-state index in [0.717, 1.165) is 22.3 Å². The first-order chi connectivity index (χ1) is 10.2. The normalized spacial score (nSPS) is 10.8. The Labute approximate surface area is 122 Å². The zero-order chi connectivity index (χ0) is 14.8. The highest BCUT2D eigenvalue weighted by Gasteiger charge is 2.13. The Balaban J connectivity index is 1.88. The van der Waals surface area contributed by atoms with Crippen LogP contribution in [0.4, 0.5) is 0 Å². The highest BCUT2D eigenvalue weighted by molar-refractivity contribution is 6.00. The van der Waals surface area contributed by atoms with E-state index in [1.165, 1.54) is 0 Å². The second kappa shape index (κ2) is 5.40. The summed E-state index contributed by atoms with van der Waals surface area (Å²) in [5, 5.41) is 1.03. The Morgan fingerprint density at radius 1 is 1.29 bits per heavy atom. The van der Waals surface area contributed by atoms with Crippen molar-refractivity contribution < 1.29 is 9.53 Å². The van der Waals surface area contributed by atoms with Crippen molar-refractivity contribution in [3.05, 3.63) is 59.4 Å². The van der Waals surface area contributed by atoms with Gasteiger partial charge in [-0.25, -0.2) is 4.98 Å². The van der Waals surface area contributed by atoms with Crippen LogP contribution in [0.2, 0.25) is 0 Å². The molecule has 4 nitrogen and oxygen atoms in total. The van der Waals surface area contributed by atoms with E-state index in [4.69, 9.17) is 4.74 Å². The number of aromatic nitrogens is 2. The lowest BCUT2D eigenvalue weighted by Gasteiger charge is -2.07. The van der Waals surface area contributed by atoms with Crippen LogP contribution in [0.5, 0.6) is 5.75 Å². The molecule has 3 rings (SSSR count). The van der Waals surface area contributed by atoms with Crippen LogP contribution in [0.25, 0.3) is 11.0 Å². The van der Waals surface area contributed by atoms with Crippen molar-refractivity contribution in [1.82, 2.24) is 9.97 Å². The lowest BCUT2D eigenvalue weighted by molar-refractivity contribution is 0.0990. The lowest BCUT2D eigenvalue weighted by Crippen LogP contribution is -2.06. The second-order valence-corrected chi connectivity index (χ2v) is 5.03. The van der Waals surface area contributed by atoms with Crippen molar-refractivity contribution in [1.29, 1.82) is 0 Å². The number of para-hydroxylation sites is 1. The van der Waals surface area contributed by atoms with E-state index in [-0.39, 0.29) is 5.78 Å². The summed E-state index contributed by atoms with van der Waals surface area (Å²) in [7, 11) is 1.57. The largest absolute Gasteiger partial charge is 0.496 e. The number of benzene rings is 1. The number of aromatic amines is 1. The Morgan fingerprint density at radius 2 is 2.10 bits per heavy atom. The summed E-state index contributed by atoms with van der Waals surface area (Å²) >= 11 is 0. The molecule has 4 heteroatoms. The zero-order valence-corrected chi connectivity index (χ0v) is 12.0. The molecule has 1 N–H and O–H groups in total. The van der Waals surface area contributed by atoms with Gasteiger partial charge in [-0.15, -0.1) is 0 Å². The summed E-state index contributed by atoms with van der Waals surface area (Å²) in [6.07, 6.45) is 2.05. The molecule has 0 aliphatic heterocycles. The maximum Gasteiger partial charge on any atom is 0.171 e. The molecule has 0 atom stereocenters. The van der Waals surface area contributed by atoms with Crippen molar-refractivity contribution in [3.63, 3.8) is 0 Å². The van der Waals surface area contributed by atoms with E-state index >= 15 is 0 Å². The van der Waals surface area contributed by atoms with E-state index in [2.05, 4.69) is 9.97 Å². The first kappa shape index (κ1) is 13.4. The number of ether oxygens (including phenoxy) is 1. The predicted molar refractivity (Wildman–Crippen MR) is 81.9 cm³/mol. The van der Waals surface area contributed by atoms with Crippen molar-refractivity contribution in [2.75, 3.05) is 7.11 Å². The Hall–Kier alpha value is -2.62.